The molecule has 0 radical (unpaired) electrons. The van der Waals surface area contributed by atoms with Crippen LogP contribution in [0.25, 0.3) is 0 Å². The maximum absolute atomic E-state index is 13.6. The first-order valence-corrected chi connectivity index (χ1v) is 6.88. The Morgan fingerprint density at radius 1 is 1.30 bits per heavy atom. The van der Waals surface area contributed by atoms with E-state index >= 15 is 0 Å². The van der Waals surface area contributed by atoms with Crippen molar-refractivity contribution in [3.8, 4) is 0 Å². The second-order valence-electron chi connectivity index (χ2n) is 4.45. The highest BCUT2D eigenvalue weighted by Crippen LogP contribution is 2.21. The van der Waals surface area contributed by atoms with Gasteiger partial charge in [-0.3, -0.25) is 4.79 Å². The molecule has 2 rings (SSSR count). The van der Waals surface area contributed by atoms with E-state index in [1.807, 2.05) is 0 Å². The lowest BCUT2D eigenvalue weighted by Gasteiger charge is -2.15. The summed E-state index contributed by atoms with van der Waals surface area (Å²) in [5.74, 6) is -0.629. The Kier molecular flexibility index (Phi) is 4.39. The summed E-state index contributed by atoms with van der Waals surface area (Å²) in [6, 6.07) is 10.9. The number of amides is 1. The third kappa shape index (κ3) is 3.17. The zero-order chi connectivity index (χ0) is 14.7. The van der Waals surface area contributed by atoms with Crippen molar-refractivity contribution in [1.82, 2.24) is 5.32 Å². The van der Waals surface area contributed by atoms with Gasteiger partial charge in [-0.2, -0.15) is 0 Å². The lowest BCUT2D eigenvalue weighted by molar-refractivity contribution is 0.0939. The van der Waals surface area contributed by atoms with Gasteiger partial charge in [-0.05, 0) is 47.1 Å². The average molecular weight is 337 g/mol. The third-order valence-corrected chi connectivity index (χ3v) is 3.70. The predicted octanol–water partition coefficient (Wildman–Crippen LogP) is 3.66. The van der Waals surface area contributed by atoms with Crippen LogP contribution in [0.1, 0.15) is 28.9 Å². The first kappa shape index (κ1) is 14.5. The fourth-order valence-electron chi connectivity index (χ4n) is 1.87. The molecule has 1 atom stereocenters. The molecule has 0 aliphatic carbocycles. The van der Waals surface area contributed by atoms with Crippen LogP contribution >= 0.6 is 15.9 Å². The molecule has 0 fully saturated rings. The lowest BCUT2D eigenvalue weighted by atomic mass is 10.1. The Labute approximate surface area is 125 Å². The third-order valence-electron chi connectivity index (χ3n) is 2.98. The summed E-state index contributed by atoms with van der Waals surface area (Å²) < 4.78 is 14.4. The zero-order valence-electron chi connectivity index (χ0n) is 10.9. The molecule has 3 nitrogen and oxygen atoms in total. The second kappa shape index (κ2) is 6.05. The summed E-state index contributed by atoms with van der Waals surface area (Å²) in [7, 11) is 0. The van der Waals surface area contributed by atoms with E-state index in [0.29, 0.717) is 16.8 Å². The number of nitrogen functional groups attached to an aromatic ring is 1. The Bertz CT molecular complexity index is 646. The van der Waals surface area contributed by atoms with Gasteiger partial charge in [-0.1, -0.05) is 18.2 Å². The minimum absolute atomic E-state index is 0.292. The normalized spacial score (nSPS) is 11.9. The van der Waals surface area contributed by atoms with Crippen LogP contribution in [0.15, 0.2) is 46.9 Å². The van der Waals surface area contributed by atoms with Crippen LogP contribution in [0.3, 0.4) is 0 Å². The topological polar surface area (TPSA) is 55.1 Å². The number of anilines is 1. The zero-order valence-corrected chi connectivity index (χ0v) is 12.4. The van der Waals surface area contributed by atoms with Gasteiger partial charge < -0.3 is 11.1 Å². The van der Waals surface area contributed by atoms with E-state index in [2.05, 4.69) is 21.2 Å². The molecule has 0 heterocycles. The molecule has 2 aromatic rings. The fourth-order valence-corrected chi connectivity index (χ4v) is 2.12. The molecule has 1 unspecified atom stereocenters. The number of carbonyl (C=O) groups is 1. The Balaban J connectivity index is 2.15. The van der Waals surface area contributed by atoms with Crippen LogP contribution in [-0.2, 0) is 0 Å². The monoisotopic (exact) mass is 336 g/mol. The van der Waals surface area contributed by atoms with Crippen molar-refractivity contribution in [1.29, 1.82) is 0 Å². The number of halogens is 2. The van der Waals surface area contributed by atoms with E-state index in [1.165, 1.54) is 6.07 Å². The van der Waals surface area contributed by atoms with Gasteiger partial charge in [0.25, 0.3) is 5.91 Å². The molecule has 20 heavy (non-hydrogen) atoms. The molecule has 0 aliphatic rings. The molecule has 2 aromatic carbocycles. The predicted molar refractivity (Wildman–Crippen MR) is 80.8 cm³/mol. The fraction of sp³-hybridized carbons (Fsp3) is 0.133. The highest BCUT2D eigenvalue weighted by molar-refractivity contribution is 9.10. The van der Waals surface area contributed by atoms with Gasteiger partial charge in [0.05, 0.1) is 6.04 Å². The summed E-state index contributed by atoms with van der Waals surface area (Å²) in [6.07, 6.45) is 0. The van der Waals surface area contributed by atoms with E-state index in [4.69, 9.17) is 5.73 Å². The molecule has 0 aliphatic heterocycles. The molecule has 0 spiro atoms. The number of carbonyl (C=O) groups excluding carboxylic acids is 1. The summed E-state index contributed by atoms with van der Waals surface area (Å²) in [4.78, 5) is 12.1. The first-order valence-electron chi connectivity index (χ1n) is 6.09. The maximum Gasteiger partial charge on any atom is 0.251 e. The van der Waals surface area contributed by atoms with Gasteiger partial charge >= 0.3 is 0 Å². The van der Waals surface area contributed by atoms with Crippen molar-refractivity contribution in [2.24, 2.45) is 0 Å². The minimum Gasteiger partial charge on any atom is -0.398 e. The SMILES string of the molecule is CC(NC(=O)c1ccc(Br)c(N)c1)c1ccccc1F. The minimum atomic E-state index is -0.423. The number of benzene rings is 2. The van der Waals surface area contributed by atoms with E-state index < -0.39 is 6.04 Å². The van der Waals surface area contributed by atoms with Crippen molar-refractivity contribution in [2.75, 3.05) is 5.73 Å². The first-order chi connectivity index (χ1) is 9.49. The summed E-state index contributed by atoms with van der Waals surface area (Å²) in [6.45, 7) is 1.73. The molecule has 1 amide bonds. The molecule has 104 valence electrons. The maximum atomic E-state index is 13.6. The second-order valence-corrected chi connectivity index (χ2v) is 5.31. The molecule has 0 aromatic heterocycles. The van der Waals surface area contributed by atoms with Crippen LogP contribution in [0.5, 0.6) is 0 Å². The van der Waals surface area contributed by atoms with Gasteiger partial charge in [-0.15, -0.1) is 0 Å². The van der Waals surface area contributed by atoms with Crippen molar-refractivity contribution in [2.45, 2.75) is 13.0 Å². The Hall–Kier alpha value is -1.88. The number of hydrogen-bond acceptors (Lipinski definition) is 2. The van der Waals surface area contributed by atoms with E-state index in [9.17, 15) is 9.18 Å². The quantitative estimate of drug-likeness (QED) is 0.840. The molecule has 0 saturated carbocycles. The van der Waals surface area contributed by atoms with Gasteiger partial charge in [-0.25, -0.2) is 4.39 Å². The van der Waals surface area contributed by atoms with E-state index in [-0.39, 0.29) is 11.7 Å². The largest absolute Gasteiger partial charge is 0.398 e. The standard InChI is InChI=1S/C15H14BrFN2O/c1-9(11-4-2-3-5-13(11)17)19-15(20)10-6-7-12(16)14(18)8-10/h2-9H,18H2,1H3,(H,19,20). The van der Waals surface area contributed by atoms with Gasteiger partial charge in [0.2, 0.25) is 0 Å². The highest BCUT2D eigenvalue weighted by atomic mass is 79.9. The summed E-state index contributed by atoms with van der Waals surface area (Å²) in [5.41, 5.74) is 7.11. The molecular formula is C15H14BrFN2O. The molecule has 0 bridgehead atoms. The van der Waals surface area contributed by atoms with Crippen LogP contribution < -0.4 is 11.1 Å². The smallest absolute Gasteiger partial charge is 0.251 e. The van der Waals surface area contributed by atoms with Crippen molar-refractivity contribution >= 4 is 27.5 Å². The highest BCUT2D eigenvalue weighted by Gasteiger charge is 2.14. The molecular weight excluding hydrogens is 323 g/mol. The van der Waals surface area contributed by atoms with Crippen LogP contribution in [0, 0.1) is 5.82 Å². The number of rotatable bonds is 3. The molecule has 0 saturated heterocycles. The average Bonchev–Trinajstić information content (AvgIpc) is 2.42. The van der Waals surface area contributed by atoms with Crippen LogP contribution in [-0.4, -0.2) is 5.91 Å². The Morgan fingerprint density at radius 3 is 2.65 bits per heavy atom. The van der Waals surface area contributed by atoms with E-state index in [1.54, 1.807) is 43.3 Å². The van der Waals surface area contributed by atoms with Crippen LogP contribution in [0.4, 0.5) is 10.1 Å². The molecule has 5 heteroatoms. The summed E-state index contributed by atoms with van der Waals surface area (Å²) >= 11 is 3.27. The van der Waals surface area contributed by atoms with E-state index in [0.717, 1.165) is 4.47 Å². The van der Waals surface area contributed by atoms with Crippen LogP contribution in [0.2, 0.25) is 0 Å². The summed E-state index contributed by atoms with van der Waals surface area (Å²) in [5, 5.41) is 2.75. The molecule has 3 N–H and O–H groups in total. The number of nitrogens with one attached hydrogen (secondary N) is 1. The van der Waals surface area contributed by atoms with Crippen molar-refractivity contribution in [3.05, 3.63) is 63.9 Å². The van der Waals surface area contributed by atoms with Crippen molar-refractivity contribution in [3.63, 3.8) is 0 Å². The van der Waals surface area contributed by atoms with Gasteiger partial charge in [0.15, 0.2) is 0 Å². The number of nitrogens with two attached hydrogens (primary N) is 1. The Morgan fingerprint density at radius 2 is 2.00 bits per heavy atom. The van der Waals surface area contributed by atoms with Crippen molar-refractivity contribution < 1.29 is 9.18 Å². The number of hydrogen-bond donors (Lipinski definition) is 2. The van der Waals surface area contributed by atoms with Gasteiger partial charge in [0.1, 0.15) is 5.82 Å². The van der Waals surface area contributed by atoms with Gasteiger partial charge in [0, 0.05) is 21.3 Å². The lowest BCUT2D eigenvalue weighted by Crippen LogP contribution is -2.27.